The van der Waals surface area contributed by atoms with Crippen molar-refractivity contribution in [2.75, 3.05) is 11.5 Å². The summed E-state index contributed by atoms with van der Waals surface area (Å²) in [5.41, 5.74) is 3.88. The summed E-state index contributed by atoms with van der Waals surface area (Å²) in [7, 11) is 0. The number of rotatable bonds is 19. The third kappa shape index (κ3) is 11.2. The average Bonchev–Trinajstić information content (AvgIpc) is 3.42. The van der Waals surface area contributed by atoms with E-state index in [2.05, 4.69) is 30.2 Å². The van der Waals surface area contributed by atoms with Crippen LogP contribution in [0.1, 0.15) is 102 Å². The van der Waals surface area contributed by atoms with E-state index in [-0.39, 0.29) is 22.9 Å². The van der Waals surface area contributed by atoms with Gasteiger partial charge in [-0.2, -0.15) is 0 Å². The number of aliphatic imine (C=N–C) groups is 1. The molecular weight excluding hydrogens is 634 g/mol. The van der Waals surface area contributed by atoms with Crippen molar-refractivity contribution >= 4 is 29.0 Å². The van der Waals surface area contributed by atoms with Gasteiger partial charge in [-0.25, -0.2) is 4.90 Å². The Kier molecular flexibility index (Phi) is 15.7. The number of halogens is 2. The van der Waals surface area contributed by atoms with Gasteiger partial charge in [0.05, 0.1) is 30.7 Å². The molecular formula is C37H47BrClN3O2. The highest BCUT2D eigenvalue weighted by Crippen LogP contribution is 2.28. The van der Waals surface area contributed by atoms with Crippen LogP contribution in [-0.4, -0.2) is 23.2 Å². The zero-order valence-corrected chi connectivity index (χ0v) is 28.7. The minimum Gasteiger partial charge on any atom is -1.00 e. The molecule has 44 heavy (non-hydrogen) atoms. The number of amidine groups is 1. The van der Waals surface area contributed by atoms with E-state index >= 15 is 0 Å². The Labute approximate surface area is 280 Å². The number of unbranched alkanes of at least 4 members (excludes halogenated alkanes) is 11. The highest BCUT2D eigenvalue weighted by Gasteiger charge is 2.28. The predicted octanol–water partition coefficient (Wildman–Crippen LogP) is 6.96. The Morgan fingerprint density at radius 1 is 0.886 bits per heavy atom. The molecule has 2 aliphatic rings. The van der Waals surface area contributed by atoms with Crippen molar-refractivity contribution in [1.82, 2.24) is 4.90 Å². The second kappa shape index (κ2) is 19.5. The maximum atomic E-state index is 12.6. The minimum absolute atomic E-state index is 0. The van der Waals surface area contributed by atoms with Gasteiger partial charge in [0.1, 0.15) is 5.75 Å². The number of carbonyl (C=O) groups is 1. The predicted molar refractivity (Wildman–Crippen MR) is 179 cm³/mol. The molecule has 2 heterocycles. The van der Waals surface area contributed by atoms with Crippen LogP contribution < -0.4 is 26.6 Å². The molecule has 0 aliphatic carbocycles. The van der Waals surface area contributed by atoms with Crippen molar-refractivity contribution in [2.24, 2.45) is 4.99 Å². The van der Waals surface area contributed by atoms with Crippen LogP contribution in [0.15, 0.2) is 77.6 Å². The van der Waals surface area contributed by atoms with Gasteiger partial charge in [0.2, 0.25) is 17.4 Å². The van der Waals surface area contributed by atoms with Crippen LogP contribution in [0, 0.1) is 6.20 Å². The normalized spacial score (nSPS) is 13.1. The summed E-state index contributed by atoms with van der Waals surface area (Å²) in [6.45, 7) is 4.98. The van der Waals surface area contributed by atoms with Gasteiger partial charge >= 0.3 is 0 Å². The summed E-state index contributed by atoms with van der Waals surface area (Å²) < 4.78 is 5.98. The molecule has 236 valence electrons. The maximum Gasteiger partial charge on any atom is 0.247 e. The third-order valence-electron chi connectivity index (χ3n) is 8.02. The van der Waals surface area contributed by atoms with Crippen LogP contribution >= 0.6 is 11.6 Å². The molecule has 0 unspecified atom stereocenters. The minimum atomic E-state index is -0.0231. The Balaban J connectivity index is 0.00000529. The largest absolute Gasteiger partial charge is 1.00 e. The van der Waals surface area contributed by atoms with Crippen molar-refractivity contribution in [3.8, 4) is 5.75 Å². The number of hydrogen-bond acceptors (Lipinski definition) is 4. The summed E-state index contributed by atoms with van der Waals surface area (Å²) >= 11 is 6.58. The number of allylic oxidation sites excluding steroid dienone is 3. The third-order valence-corrected chi connectivity index (χ3v) is 8.32. The number of nitrogens with zero attached hydrogens (tertiary/aromatic N) is 3. The van der Waals surface area contributed by atoms with E-state index in [1.807, 2.05) is 59.7 Å². The van der Waals surface area contributed by atoms with Crippen molar-refractivity contribution in [1.29, 1.82) is 0 Å². The van der Waals surface area contributed by atoms with E-state index in [9.17, 15) is 4.79 Å². The molecule has 2 aromatic carbocycles. The zero-order chi connectivity index (χ0) is 30.3. The zero-order valence-electron chi connectivity index (χ0n) is 26.4. The van der Waals surface area contributed by atoms with E-state index in [1.165, 1.54) is 70.6 Å². The lowest BCUT2D eigenvalue weighted by atomic mass is 10.1. The first-order chi connectivity index (χ1) is 21.0. The van der Waals surface area contributed by atoms with Gasteiger partial charge in [-0.1, -0.05) is 112 Å². The fraction of sp³-hybridized carbons (Fsp3) is 0.459. The van der Waals surface area contributed by atoms with Gasteiger partial charge in [-0.15, -0.1) is 0 Å². The Morgan fingerprint density at radius 3 is 2.16 bits per heavy atom. The summed E-state index contributed by atoms with van der Waals surface area (Å²) in [4.78, 5) is 20.9. The lowest BCUT2D eigenvalue weighted by Gasteiger charge is -2.22. The van der Waals surface area contributed by atoms with Crippen LogP contribution in [0.3, 0.4) is 0 Å². The molecule has 0 N–H and O–H groups in total. The van der Waals surface area contributed by atoms with Gasteiger partial charge in [-0.3, -0.25) is 4.79 Å². The molecule has 0 fully saturated rings. The molecule has 0 bridgehead atoms. The molecule has 5 nitrogen and oxygen atoms in total. The highest BCUT2D eigenvalue weighted by molar-refractivity contribution is 6.32. The highest BCUT2D eigenvalue weighted by atomic mass is 79.9. The van der Waals surface area contributed by atoms with Gasteiger partial charge in [0.15, 0.2) is 6.20 Å². The molecule has 0 saturated heterocycles. The first-order valence-corrected chi connectivity index (χ1v) is 16.5. The summed E-state index contributed by atoms with van der Waals surface area (Å²) in [5, 5.41) is 0.582. The van der Waals surface area contributed by atoms with Gasteiger partial charge in [0.25, 0.3) is 0 Å². The van der Waals surface area contributed by atoms with E-state index < -0.39 is 0 Å². The monoisotopic (exact) mass is 679 g/mol. The average molecular weight is 681 g/mol. The van der Waals surface area contributed by atoms with Crippen molar-refractivity contribution in [3.05, 3.63) is 94.9 Å². The fourth-order valence-corrected chi connectivity index (χ4v) is 5.75. The van der Waals surface area contributed by atoms with Gasteiger partial charge in [0, 0.05) is 18.8 Å². The van der Waals surface area contributed by atoms with Crippen LogP contribution in [0.5, 0.6) is 5.75 Å². The van der Waals surface area contributed by atoms with Gasteiger partial charge in [-0.05, 0) is 54.0 Å². The van der Waals surface area contributed by atoms with E-state index in [1.54, 1.807) is 11.8 Å². The lowest BCUT2D eigenvalue weighted by Crippen LogP contribution is -3.00. The SMILES string of the molecule is CCCCCCCCCCCCCCOc1ccc(CN(C(C)=O)c2ccc(CC3=N[C+]=C4C=CC=CN43)cc2)cc1Cl.[Br-]. The summed E-state index contributed by atoms with van der Waals surface area (Å²) in [6, 6.07) is 13.9. The molecule has 0 radical (unpaired) electrons. The molecule has 4 rings (SSSR count). The number of amides is 1. The first-order valence-electron chi connectivity index (χ1n) is 16.2. The summed E-state index contributed by atoms with van der Waals surface area (Å²) in [5.74, 6) is 1.61. The van der Waals surface area contributed by atoms with Crippen molar-refractivity contribution in [2.45, 2.75) is 104 Å². The van der Waals surface area contributed by atoms with E-state index in [0.717, 1.165) is 34.8 Å². The molecule has 1 amide bonds. The Bertz CT molecular complexity index is 1300. The van der Waals surface area contributed by atoms with E-state index in [4.69, 9.17) is 16.3 Å². The Morgan fingerprint density at radius 2 is 1.52 bits per heavy atom. The quantitative estimate of drug-likeness (QED) is 0.119. The smallest absolute Gasteiger partial charge is 0.247 e. The molecule has 0 aromatic heterocycles. The standard InChI is InChI=1S/C37H47ClN3O2.BrH/c1-3-4-5-6-7-8-9-10-11-12-13-16-25-43-36-23-20-32(26-35(36)38)29-41(30(2)42)33-21-18-31(19-22-33)27-37-39-28-34-17-14-15-24-40(34)37;/h14-15,17-24,26H,3-13,16,25,27,29H2,1-2H3;1H/q+1;/p-1. The lowest BCUT2D eigenvalue weighted by molar-refractivity contribution is -0.116. The maximum absolute atomic E-state index is 12.6. The molecule has 0 atom stereocenters. The molecule has 2 aliphatic heterocycles. The van der Waals surface area contributed by atoms with Crippen LogP contribution in [0.2, 0.25) is 5.02 Å². The van der Waals surface area contributed by atoms with Crippen molar-refractivity contribution < 1.29 is 26.5 Å². The van der Waals surface area contributed by atoms with Gasteiger partial charge < -0.3 is 26.6 Å². The summed E-state index contributed by atoms with van der Waals surface area (Å²) in [6.07, 6.45) is 27.6. The number of anilines is 1. The molecule has 0 spiro atoms. The number of fused-ring (bicyclic) bond motifs is 1. The second-order valence-corrected chi connectivity index (χ2v) is 12.0. The molecule has 0 saturated carbocycles. The molecule has 7 heteroatoms. The number of carbonyl (C=O) groups excluding carboxylic acids is 1. The van der Waals surface area contributed by atoms with E-state index in [0.29, 0.717) is 30.3 Å². The van der Waals surface area contributed by atoms with Crippen LogP contribution in [0.4, 0.5) is 5.69 Å². The molecule has 2 aromatic rings. The Hall–Kier alpha value is -2.92. The van der Waals surface area contributed by atoms with Crippen molar-refractivity contribution in [3.63, 3.8) is 0 Å². The fourth-order valence-electron chi connectivity index (χ4n) is 5.49. The number of hydrogen-bond donors (Lipinski definition) is 0. The number of ether oxygens (including phenoxy) is 1. The second-order valence-electron chi connectivity index (χ2n) is 11.5. The van der Waals surface area contributed by atoms with Crippen LogP contribution in [-0.2, 0) is 17.8 Å². The van der Waals surface area contributed by atoms with Crippen LogP contribution in [0.25, 0.3) is 0 Å². The topological polar surface area (TPSA) is 45.1 Å². The number of benzene rings is 2. The first kappa shape index (κ1) is 35.6.